The van der Waals surface area contributed by atoms with E-state index < -0.39 is 48.4 Å². The van der Waals surface area contributed by atoms with Gasteiger partial charge in [0.05, 0.1) is 30.3 Å². The summed E-state index contributed by atoms with van der Waals surface area (Å²) in [5.41, 5.74) is 8.65. The maximum atomic E-state index is 15.0. The number of nitrogens with zero attached hydrogens (tertiary/aromatic N) is 2. The van der Waals surface area contributed by atoms with E-state index in [4.69, 9.17) is 5.73 Å². The molecule has 2 unspecified atom stereocenters. The van der Waals surface area contributed by atoms with Gasteiger partial charge in [0.25, 0.3) is 11.8 Å². The number of alkyl halides is 3. The van der Waals surface area contributed by atoms with Gasteiger partial charge in [0.15, 0.2) is 0 Å². The van der Waals surface area contributed by atoms with E-state index in [0.717, 1.165) is 30.4 Å². The van der Waals surface area contributed by atoms with Gasteiger partial charge in [-0.3, -0.25) is 14.4 Å². The molecule has 0 aliphatic carbocycles. The maximum Gasteiger partial charge on any atom is 0.491 e. The Morgan fingerprint density at radius 2 is 1.43 bits per heavy atom. The Hall–Kier alpha value is -5.29. The number of nitrogens with two attached hydrogens (primary N) is 1. The topological polar surface area (TPSA) is 110 Å². The molecule has 0 saturated heterocycles. The van der Waals surface area contributed by atoms with E-state index in [9.17, 15) is 27.6 Å². The summed E-state index contributed by atoms with van der Waals surface area (Å²) in [7, 11) is 0. The van der Waals surface area contributed by atoms with Crippen molar-refractivity contribution in [2.45, 2.75) is 56.9 Å². The number of unbranched alkanes of at least 4 members (excludes halogenated alkanes) is 2. The molecule has 254 valence electrons. The monoisotopic (exact) mass is 671 g/mol. The van der Waals surface area contributed by atoms with Gasteiger partial charge in [-0.05, 0) is 60.2 Å². The van der Waals surface area contributed by atoms with Crippen molar-refractivity contribution in [1.29, 1.82) is 0 Å². The predicted octanol–water partition coefficient (Wildman–Crippen LogP) is 6.85. The molecule has 2 amide bonds. The fourth-order valence-electron chi connectivity index (χ4n) is 6.04. The van der Waals surface area contributed by atoms with Crippen LogP contribution in [0.2, 0.25) is 0 Å². The van der Waals surface area contributed by atoms with E-state index in [0.29, 0.717) is 29.8 Å². The standard InChI is InChI=1S/C38H36F3N3O5/c39-38(40,41)37(48)49-33(45)24-32(28-16-8-2-9-17-28)44-34(29-18-10-3-11-19-29)36(47)43(25-27-14-5-1-6-15-27)31-21-20-26(13-7-4-12-22-42)23-30(31)35(44)46/h1-3,5-6,8-11,14-21,23,32,34H,4,7,12-13,22,24-25,42H2. The normalized spacial score (nSPS) is 15.4. The second-order valence-electron chi connectivity index (χ2n) is 11.8. The van der Waals surface area contributed by atoms with Gasteiger partial charge in [-0.2, -0.15) is 13.2 Å². The highest BCUT2D eigenvalue weighted by molar-refractivity contribution is 6.11. The minimum atomic E-state index is -5.41. The lowest BCUT2D eigenvalue weighted by molar-refractivity contribution is -0.202. The van der Waals surface area contributed by atoms with E-state index in [1.54, 1.807) is 72.8 Å². The van der Waals surface area contributed by atoms with Gasteiger partial charge < -0.3 is 20.3 Å². The Morgan fingerprint density at radius 3 is 2.06 bits per heavy atom. The molecular weight excluding hydrogens is 635 g/mol. The molecule has 2 N–H and O–H groups in total. The number of carbonyl (C=O) groups excluding carboxylic acids is 4. The number of rotatable bonds is 12. The number of anilines is 1. The van der Waals surface area contributed by atoms with Crippen molar-refractivity contribution in [2.75, 3.05) is 11.4 Å². The zero-order chi connectivity index (χ0) is 35.0. The Kier molecular flexibility index (Phi) is 11.3. The predicted molar refractivity (Wildman–Crippen MR) is 177 cm³/mol. The van der Waals surface area contributed by atoms with Crippen molar-refractivity contribution in [3.05, 3.63) is 137 Å². The van der Waals surface area contributed by atoms with Crippen molar-refractivity contribution < 1.29 is 37.1 Å². The number of halogens is 3. The molecule has 8 nitrogen and oxygen atoms in total. The van der Waals surface area contributed by atoms with Crippen LogP contribution in [0.3, 0.4) is 0 Å². The van der Waals surface area contributed by atoms with Crippen molar-refractivity contribution >= 4 is 29.4 Å². The fourth-order valence-corrected chi connectivity index (χ4v) is 6.04. The largest absolute Gasteiger partial charge is 0.491 e. The second kappa shape index (κ2) is 15.7. The summed E-state index contributed by atoms with van der Waals surface area (Å²) >= 11 is 0. The van der Waals surface area contributed by atoms with Crippen LogP contribution in [-0.2, 0) is 32.1 Å². The third kappa shape index (κ3) is 8.42. The van der Waals surface area contributed by atoms with E-state index in [1.807, 2.05) is 36.4 Å². The highest BCUT2D eigenvalue weighted by Gasteiger charge is 2.46. The first kappa shape index (κ1) is 35.0. The first-order valence-corrected chi connectivity index (χ1v) is 16.0. The number of hydrogen-bond acceptors (Lipinski definition) is 6. The molecule has 4 aromatic rings. The number of fused-ring (bicyclic) bond motifs is 1. The minimum absolute atomic E-state index is 0.116. The van der Waals surface area contributed by atoms with Crippen LogP contribution >= 0.6 is 0 Å². The molecule has 0 radical (unpaired) electrons. The van der Waals surface area contributed by atoms with Crippen LogP contribution in [0.25, 0.3) is 0 Å². The van der Waals surface area contributed by atoms with Gasteiger partial charge >= 0.3 is 18.1 Å². The first-order valence-electron chi connectivity index (χ1n) is 16.0. The summed E-state index contributed by atoms with van der Waals surface area (Å²) in [6.45, 7) is 0.679. The SMILES string of the molecule is NCCCCCc1ccc2c(c1)C(=O)N(C(CC(=O)OC(=O)C(F)(F)F)c1ccccc1)C(c1ccccc1)C(=O)N2Cc1ccccc1. The maximum absolute atomic E-state index is 15.0. The highest BCUT2D eigenvalue weighted by atomic mass is 19.4. The van der Waals surface area contributed by atoms with Crippen LogP contribution in [-0.4, -0.2) is 41.4 Å². The van der Waals surface area contributed by atoms with Gasteiger partial charge in [-0.1, -0.05) is 103 Å². The summed E-state index contributed by atoms with van der Waals surface area (Å²) in [5.74, 6) is -5.26. The molecule has 49 heavy (non-hydrogen) atoms. The number of carbonyl (C=O) groups is 4. The summed E-state index contributed by atoms with van der Waals surface area (Å²) in [6.07, 6.45) is -3.04. The summed E-state index contributed by atoms with van der Waals surface area (Å²) < 4.78 is 43.5. The van der Waals surface area contributed by atoms with Crippen LogP contribution in [0.4, 0.5) is 18.9 Å². The highest BCUT2D eigenvalue weighted by Crippen LogP contribution is 2.42. The number of amides is 2. The van der Waals surface area contributed by atoms with Crippen molar-refractivity contribution in [3.8, 4) is 0 Å². The van der Waals surface area contributed by atoms with Crippen LogP contribution in [0.15, 0.2) is 109 Å². The Labute approximate surface area is 282 Å². The summed E-state index contributed by atoms with van der Waals surface area (Å²) in [6, 6.07) is 28.7. The van der Waals surface area contributed by atoms with Crippen LogP contribution in [0.1, 0.15) is 70.4 Å². The number of aryl methyl sites for hydroxylation is 1. The van der Waals surface area contributed by atoms with Gasteiger partial charge in [-0.15, -0.1) is 0 Å². The van der Waals surface area contributed by atoms with Gasteiger partial charge in [0, 0.05) is 0 Å². The van der Waals surface area contributed by atoms with Crippen molar-refractivity contribution in [2.24, 2.45) is 5.73 Å². The molecule has 2 atom stereocenters. The molecule has 11 heteroatoms. The van der Waals surface area contributed by atoms with Gasteiger partial charge in [0.2, 0.25) is 0 Å². The third-order valence-corrected chi connectivity index (χ3v) is 8.38. The quantitative estimate of drug-likeness (QED) is 0.100. The number of hydrogen-bond donors (Lipinski definition) is 1. The zero-order valence-corrected chi connectivity index (χ0v) is 26.6. The second-order valence-corrected chi connectivity index (χ2v) is 11.8. The van der Waals surface area contributed by atoms with E-state index in [1.165, 1.54) is 9.80 Å². The Bertz CT molecular complexity index is 1770. The van der Waals surface area contributed by atoms with Crippen LogP contribution in [0, 0.1) is 0 Å². The average molecular weight is 672 g/mol. The van der Waals surface area contributed by atoms with Crippen molar-refractivity contribution in [1.82, 2.24) is 4.90 Å². The summed E-state index contributed by atoms with van der Waals surface area (Å²) in [4.78, 5) is 57.4. The van der Waals surface area contributed by atoms with Crippen LogP contribution < -0.4 is 10.6 Å². The molecule has 1 heterocycles. The van der Waals surface area contributed by atoms with Crippen molar-refractivity contribution in [3.63, 3.8) is 0 Å². The van der Waals surface area contributed by atoms with E-state index in [2.05, 4.69) is 4.74 Å². The minimum Gasteiger partial charge on any atom is -0.386 e. The number of benzene rings is 4. The molecule has 1 aliphatic heterocycles. The lowest BCUT2D eigenvalue weighted by atomic mass is 9.95. The Morgan fingerprint density at radius 1 is 0.796 bits per heavy atom. The zero-order valence-electron chi connectivity index (χ0n) is 26.6. The van der Waals surface area contributed by atoms with Gasteiger partial charge in [0.1, 0.15) is 6.04 Å². The lowest BCUT2D eigenvalue weighted by Crippen LogP contribution is -2.45. The fraction of sp³-hybridized carbons (Fsp3) is 0.263. The average Bonchev–Trinajstić information content (AvgIpc) is 3.18. The van der Waals surface area contributed by atoms with Crippen LogP contribution in [0.5, 0.6) is 0 Å². The van der Waals surface area contributed by atoms with E-state index in [-0.39, 0.29) is 12.1 Å². The molecule has 5 rings (SSSR count). The lowest BCUT2D eigenvalue weighted by Gasteiger charge is -2.37. The molecule has 1 aliphatic rings. The number of esters is 2. The van der Waals surface area contributed by atoms with Gasteiger partial charge in [-0.25, -0.2) is 4.79 Å². The summed E-state index contributed by atoms with van der Waals surface area (Å²) in [5, 5.41) is 0. The smallest absolute Gasteiger partial charge is 0.386 e. The molecule has 0 aromatic heterocycles. The van der Waals surface area contributed by atoms with E-state index >= 15 is 4.79 Å². The molecule has 4 aromatic carbocycles. The molecule has 0 bridgehead atoms. The molecule has 0 fully saturated rings. The Balaban J connectivity index is 1.68. The first-order chi connectivity index (χ1) is 23.6. The molecular formula is C38H36F3N3O5. The number of ether oxygens (including phenoxy) is 1. The molecule has 0 saturated carbocycles. The third-order valence-electron chi connectivity index (χ3n) is 8.38. The molecule has 0 spiro atoms.